The molecule has 0 aromatic carbocycles. The summed E-state index contributed by atoms with van der Waals surface area (Å²) in [5.74, 6) is -0.0652. The van der Waals surface area contributed by atoms with Crippen molar-refractivity contribution in [3.63, 3.8) is 0 Å². The SMILES string of the molecule is CC(=O)Nc1nc(C)c(-c2csc(CC(=O)N3CCOCC3)n2)s1. The van der Waals surface area contributed by atoms with Crippen LogP contribution in [0.2, 0.25) is 0 Å². The number of anilines is 1. The number of thiazole rings is 2. The monoisotopic (exact) mass is 366 g/mol. The van der Waals surface area contributed by atoms with E-state index in [9.17, 15) is 9.59 Å². The summed E-state index contributed by atoms with van der Waals surface area (Å²) in [6.45, 7) is 5.82. The van der Waals surface area contributed by atoms with Crippen LogP contribution in [0, 0.1) is 6.92 Å². The summed E-state index contributed by atoms with van der Waals surface area (Å²) in [5, 5.41) is 5.97. The lowest BCUT2D eigenvalue weighted by molar-refractivity contribution is -0.134. The van der Waals surface area contributed by atoms with E-state index >= 15 is 0 Å². The molecule has 0 saturated carbocycles. The molecule has 7 nitrogen and oxygen atoms in total. The molecule has 2 aromatic rings. The van der Waals surface area contributed by atoms with Gasteiger partial charge >= 0.3 is 0 Å². The maximum atomic E-state index is 12.3. The molecule has 9 heteroatoms. The number of amides is 2. The molecule has 0 spiro atoms. The third-order valence-corrected chi connectivity index (χ3v) is 5.47. The number of rotatable bonds is 4. The van der Waals surface area contributed by atoms with E-state index in [4.69, 9.17) is 4.74 Å². The number of carbonyl (C=O) groups excluding carboxylic acids is 2. The van der Waals surface area contributed by atoms with Crippen LogP contribution >= 0.6 is 22.7 Å². The lowest BCUT2D eigenvalue weighted by Gasteiger charge is -2.26. The largest absolute Gasteiger partial charge is 0.378 e. The third-order valence-electron chi connectivity index (χ3n) is 3.53. The minimum absolute atomic E-state index is 0.0826. The number of morpholine rings is 1. The molecule has 2 aromatic heterocycles. The van der Waals surface area contributed by atoms with Gasteiger partial charge in [-0.1, -0.05) is 11.3 Å². The second-order valence-corrected chi connectivity index (χ2v) is 7.35. The zero-order valence-electron chi connectivity index (χ0n) is 13.5. The average molecular weight is 366 g/mol. The minimum Gasteiger partial charge on any atom is -0.378 e. The number of nitrogens with zero attached hydrogens (tertiary/aromatic N) is 3. The Morgan fingerprint density at radius 1 is 1.33 bits per heavy atom. The van der Waals surface area contributed by atoms with Crippen LogP contribution in [0.4, 0.5) is 5.13 Å². The van der Waals surface area contributed by atoms with Crippen molar-refractivity contribution in [2.75, 3.05) is 31.6 Å². The molecular formula is C15H18N4O3S2. The third kappa shape index (κ3) is 3.97. The van der Waals surface area contributed by atoms with Crippen LogP contribution in [0.1, 0.15) is 17.6 Å². The van der Waals surface area contributed by atoms with Gasteiger partial charge in [0, 0.05) is 25.4 Å². The molecule has 1 aliphatic rings. The fourth-order valence-corrected chi connectivity index (χ4v) is 4.21. The molecule has 0 aliphatic carbocycles. The van der Waals surface area contributed by atoms with E-state index in [0.29, 0.717) is 37.9 Å². The van der Waals surface area contributed by atoms with Gasteiger partial charge in [-0.25, -0.2) is 9.97 Å². The molecule has 0 unspecified atom stereocenters. The van der Waals surface area contributed by atoms with Crippen LogP contribution in [-0.4, -0.2) is 53.0 Å². The minimum atomic E-state index is -0.148. The first-order chi connectivity index (χ1) is 11.5. The molecule has 1 N–H and O–H groups in total. The van der Waals surface area contributed by atoms with Gasteiger partial charge in [-0.2, -0.15) is 0 Å². The maximum Gasteiger partial charge on any atom is 0.229 e. The maximum absolute atomic E-state index is 12.3. The summed E-state index contributed by atoms with van der Waals surface area (Å²) in [5.41, 5.74) is 1.62. The fraction of sp³-hybridized carbons (Fsp3) is 0.467. The first-order valence-corrected chi connectivity index (χ1v) is 9.28. The molecule has 0 bridgehead atoms. The van der Waals surface area contributed by atoms with Crippen LogP contribution in [0.25, 0.3) is 10.6 Å². The van der Waals surface area contributed by atoms with Crippen LogP contribution in [-0.2, 0) is 20.7 Å². The summed E-state index contributed by atoms with van der Waals surface area (Å²) in [4.78, 5) is 35.1. The number of hydrogen-bond acceptors (Lipinski definition) is 7. The van der Waals surface area contributed by atoms with Gasteiger partial charge < -0.3 is 15.0 Å². The van der Waals surface area contributed by atoms with Crippen LogP contribution in [0.3, 0.4) is 0 Å². The van der Waals surface area contributed by atoms with Crippen molar-refractivity contribution in [3.05, 3.63) is 16.1 Å². The Morgan fingerprint density at radius 3 is 2.79 bits per heavy atom. The molecule has 0 atom stereocenters. The van der Waals surface area contributed by atoms with Crippen molar-refractivity contribution in [2.45, 2.75) is 20.3 Å². The number of aryl methyl sites for hydroxylation is 1. The summed E-state index contributed by atoms with van der Waals surface area (Å²) in [6.07, 6.45) is 0.307. The molecule has 3 rings (SSSR count). The van der Waals surface area contributed by atoms with Crippen molar-refractivity contribution in [3.8, 4) is 10.6 Å². The zero-order valence-corrected chi connectivity index (χ0v) is 15.1. The van der Waals surface area contributed by atoms with Crippen LogP contribution in [0.15, 0.2) is 5.38 Å². The van der Waals surface area contributed by atoms with Gasteiger partial charge in [-0.15, -0.1) is 11.3 Å². The Labute approximate surface area is 147 Å². The molecule has 1 aliphatic heterocycles. The predicted octanol–water partition coefficient (Wildman–Crippen LogP) is 1.93. The fourth-order valence-electron chi connectivity index (χ4n) is 2.39. The molecule has 2 amide bonds. The number of ether oxygens (including phenoxy) is 1. The second kappa shape index (κ2) is 7.37. The Hall–Kier alpha value is -1.84. The summed E-state index contributed by atoms with van der Waals surface area (Å²) in [7, 11) is 0. The highest BCUT2D eigenvalue weighted by atomic mass is 32.1. The lowest BCUT2D eigenvalue weighted by atomic mass is 10.3. The quantitative estimate of drug-likeness (QED) is 0.894. The van der Waals surface area contributed by atoms with Gasteiger partial charge in [0.25, 0.3) is 0 Å². The number of aromatic nitrogens is 2. The van der Waals surface area contributed by atoms with Crippen molar-refractivity contribution < 1.29 is 14.3 Å². The van der Waals surface area contributed by atoms with E-state index in [1.54, 1.807) is 0 Å². The average Bonchev–Trinajstić information content (AvgIpc) is 3.14. The lowest BCUT2D eigenvalue weighted by Crippen LogP contribution is -2.41. The molecule has 0 radical (unpaired) electrons. The molecule has 24 heavy (non-hydrogen) atoms. The molecule has 1 fully saturated rings. The summed E-state index contributed by atoms with van der Waals surface area (Å²) >= 11 is 2.86. The van der Waals surface area contributed by atoms with Gasteiger partial charge in [0.2, 0.25) is 11.8 Å². The Morgan fingerprint density at radius 2 is 2.08 bits per heavy atom. The van der Waals surface area contributed by atoms with E-state index in [1.807, 2.05) is 17.2 Å². The Kier molecular flexibility index (Phi) is 5.22. The molecular weight excluding hydrogens is 348 g/mol. The highest BCUT2D eigenvalue weighted by molar-refractivity contribution is 7.19. The van der Waals surface area contributed by atoms with E-state index in [2.05, 4.69) is 15.3 Å². The van der Waals surface area contributed by atoms with E-state index in [0.717, 1.165) is 21.3 Å². The molecule has 3 heterocycles. The normalized spacial score (nSPS) is 14.7. The van der Waals surface area contributed by atoms with Gasteiger partial charge in [-0.3, -0.25) is 9.59 Å². The van der Waals surface area contributed by atoms with Crippen molar-refractivity contribution in [2.24, 2.45) is 0 Å². The zero-order chi connectivity index (χ0) is 17.1. The van der Waals surface area contributed by atoms with Crippen LogP contribution < -0.4 is 5.32 Å². The van der Waals surface area contributed by atoms with Gasteiger partial charge in [0.15, 0.2) is 5.13 Å². The number of nitrogens with one attached hydrogen (secondary N) is 1. The Balaban J connectivity index is 1.70. The molecule has 128 valence electrons. The van der Waals surface area contributed by atoms with Crippen molar-refractivity contribution in [1.82, 2.24) is 14.9 Å². The van der Waals surface area contributed by atoms with Gasteiger partial charge in [0.05, 0.1) is 35.9 Å². The van der Waals surface area contributed by atoms with Crippen molar-refractivity contribution >= 4 is 39.6 Å². The predicted molar refractivity (Wildman–Crippen MR) is 93.4 cm³/mol. The molecule has 1 saturated heterocycles. The highest BCUT2D eigenvalue weighted by Crippen LogP contribution is 2.33. The smallest absolute Gasteiger partial charge is 0.229 e. The van der Waals surface area contributed by atoms with Crippen molar-refractivity contribution in [1.29, 1.82) is 0 Å². The number of hydrogen-bond donors (Lipinski definition) is 1. The number of carbonyl (C=O) groups is 2. The van der Waals surface area contributed by atoms with Gasteiger partial charge in [-0.05, 0) is 6.92 Å². The summed E-state index contributed by atoms with van der Waals surface area (Å²) < 4.78 is 5.26. The first kappa shape index (κ1) is 17.0. The highest BCUT2D eigenvalue weighted by Gasteiger charge is 2.19. The van der Waals surface area contributed by atoms with E-state index in [1.165, 1.54) is 29.6 Å². The Bertz CT molecular complexity index is 750. The first-order valence-electron chi connectivity index (χ1n) is 7.58. The summed E-state index contributed by atoms with van der Waals surface area (Å²) in [6, 6.07) is 0. The van der Waals surface area contributed by atoms with Gasteiger partial charge in [0.1, 0.15) is 5.01 Å². The van der Waals surface area contributed by atoms with E-state index in [-0.39, 0.29) is 11.8 Å². The topological polar surface area (TPSA) is 84.4 Å². The van der Waals surface area contributed by atoms with Crippen LogP contribution in [0.5, 0.6) is 0 Å². The van der Waals surface area contributed by atoms with E-state index < -0.39 is 0 Å². The second-order valence-electron chi connectivity index (χ2n) is 5.41. The standard InChI is InChI=1S/C15H18N4O3S2/c1-9-14(24-15(16-9)17-10(2)20)11-8-23-12(18-11)7-13(21)19-3-5-22-6-4-19/h8H,3-7H2,1-2H3,(H,16,17,20).